The number of aromatic nitrogens is 1. The molecule has 0 atom stereocenters. The van der Waals surface area contributed by atoms with Gasteiger partial charge < -0.3 is 9.84 Å². The van der Waals surface area contributed by atoms with E-state index in [9.17, 15) is 8.78 Å². The molecular formula is C8H9F2NO2. The van der Waals surface area contributed by atoms with E-state index >= 15 is 0 Å². The van der Waals surface area contributed by atoms with Gasteiger partial charge in [0.2, 0.25) is 0 Å². The fourth-order valence-corrected chi connectivity index (χ4v) is 0.932. The Labute approximate surface area is 74.0 Å². The zero-order valence-corrected chi connectivity index (χ0v) is 7.00. The highest BCUT2D eigenvalue weighted by atomic mass is 19.3. The number of aliphatic hydroxyl groups excluding tert-OH is 1. The summed E-state index contributed by atoms with van der Waals surface area (Å²) in [5.41, 5.74) is -0.0438. The number of pyridine rings is 1. The molecular weight excluding hydrogens is 180 g/mol. The van der Waals surface area contributed by atoms with Crippen molar-refractivity contribution in [1.29, 1.82) is 0 Å². The Kier molecular flexibility index (Phi) is 3.13. The number of alkyl halides is 2. The van der Waals surface area contributed by atoms with Gasteiger partial charge in [0.15, 0.2) is 0 Å². The summed E-state index contributed by atoms with van der Waals surface area (Å²) in [6, 6.07) is 1.13. The quantitative estimate of drug-likeness (QED) is 0.783. The lowest BCUT2D eigenvalue weighted by atomic mass is 10.2. The summed E-state index contributed by atoms with van der Waals surface area (Å²) < 4.78 is 29.4. The van der Waals surface area contributed by atoms with Gasteiger partial charge in [0.1, 0.15) is 5.75 Å². The number of hydrogen-bond acceptors (Lipinski definition) is 3. The predicted octanol–water partition coefficient (Wildman–Crippen LogP) is 1.52. The summed E-state index contributed by atoms with van der Waals surface area (Å²) >= 11 is 0. The van der Waals surface area contributed by atoms with Gasteiger partial charge in [0.25, 0.3) is 6.43 Å². The van der Waals surface area contributed by atoms with E-state index in [1.165, 1.54) is 13.3 Å². The highest BCUT2D eigenvalue weighted by molar-refractivity contribution is 5.33. The predicted molar refractivity (Wildman–Crippen MR) is 41.7 cm³/mol. The molecule has 0 fully saturated rings. The van der Waals surface area contributed by atoms with Gasteiger partial charge in [-0.15, -0.1) is 0 Å². The first-order valence-electron chi connectivity index (χ1n) is 3.61. The van der Waals surface area contributed by atoms with Gasteiger partial charge in [0, 0.05) is 0 Å². The average molecular weight is 189 g/mol. The summed E-state index contributed by atoms with van der Waals surface area (Å²) in [5.74, 6) is 0.0344. The molecule has 1 heterocycles. The van der Waals surface area contributed by atoms with Crippen LogP contribution in [0.5, 0.6) is 5.75 Å². The van der Waals surface area contributed by atoms with E-state index in [2.05, 4.69) is 9.72 Å². The minimum atomic E-state index is -2.62. The van der Waals surface area contributed by atoms with E-state index in [0.29, 0.717) is 0 Å². The van der Waals surface area contributed by atoms with Crippen LogP contribution < -0.4 is 4.74 Å². The standard InChI is InChI=1S/C8H9F2NO2/c1-13-7-3-11-5(4-12)2-6(7)8(9)10/h2-3,8,12H,4H2,1H3. The van der Waals surface area contributed by atoms with Gasteiger partial charge in [-0.05, 0) is 6.07 Å². The van der Waals surface area contributed by atoms with Crippen LogP contribution in [0.3, 0.4) is 0 Å². The Morgan fingerprint density at radius 2 is 2.31 bits per heavy atom. The summed E-state index contributed by atoms with van der Waals surface area (Å²) in [4.78, 5) is 3.70. The van der Waals surface area contributed by atoms with Crippen molar-refractivity contribution in [3.8, 4) is 5.75 Å². The average Bonchev–Trinajstić information content (AvgIpc) is 2.16. The van der Waals surface area contributed by atoms with Crippen LogP contribution in [0.2, 0.25) is 0 Å². The number of halogens is 2. The molecule has 0 radical (unpaired) electrons. The van der Waals surface area contributed by atoms with Gasteiger partial charge in [-0.3, -0.25) is 4.98 Å². The molecule has 0 amide bonds. The normalized spacial score (nSPS) is 10.5. The molecule has 0 aliphatic carbocycles. The van der Waals surface area contributed by atoms with Gasteiger partial charge in [-0.2, -0.15) is 0 Å². The number of methoxy groups -OCH3 is 1. The zero-order valence-electron chi connectivity index (χ0n) is 7.00. The topological polar surface area (TPSA) is 42.4 Å². The van der Waals surface area contributed by atoms with Crippen molar-refractivity contribution >= 4 is 0 Å². The van der Waals surface area contributed by atoms with Crippen LogP contribution in [0.15, 0.2) is 12.3 Å². The van der Waals surface area contributed by atoms with Crippen LogP contribution in [0.1, 0.15) is 17.7 Å². The van der Waals surface area contributed by atoms with Crippen LogP contribution in [-0.2, 0) is 6.61 Å². The molecule has 0 spiro atoms. The van der Waals surface area contributed by atoms with Crippen molar-refractivity contribution in [3.05, 3.63) is 23.5 Å². The largest absolute Gasteiger partial charge is 0.495 e. The Morgan fingerprint density at radius 1 is 1.62 bits per heavy atom. The van der Waals surface area contributed by atoms with Crippen molar-refractivity contribution in [1.82, 2.24) is 4.98 Å². The Morgan fingerprint density at radius 3 is 2.77 bits per heavy atom. The lowest BCUT2D eigenvalue weighted by molar-refractivity contribution is 0.146. The molecule has 1 rings (SSSR count). The molecule has 0 aliphatic rings. The minimum Gasteiger partial charge on any atom is -0.495 e. The molecule has 0 unspecified atom stereocenters. The van der Waals surface area contributed by atoms with Gasteiger partial charge in [0.05, 0.1) is 31.2 Å². The first kappa shape index (κ1) is 9.85. The minimum absolute atomic E-state index is 0.0344. The van der Waals surface area contributed by atoms with Crippen molar-refractivity contribution in [3.63, 3.8) is 0 Å². The first-order valence-corrected chi connectivity index (χ1v) is 3.61. The molecule has 0 bridgehead atoms. The second-order valence-electron chi connectivity index (χ2n) is 2.38. The van der Waals surface area contributed by atoms with E-state index in [0.717, 1.165) is 6.07 Å². The van der Waals surface area contributed by atoms with E-state index in [1.807, 2.05) is 0 Å². The maximum atomic E-state index is 12.3. The molecule has 1 aromatic heterocycles. The maximum absolute atomic E-state index is 12.3. The molecule has 1 aromatic rings. The van der Waals surface area contributed by atoms with Gasteiger partial charge in [-0.25, -0.2) is 8.78 Å². The number of rotatable bonds is 3. The third-order valence-electron chi connectivity index (χ3n) is 1.57. The molecule has 0 saturated carbocycles. The molecule has 0 saturated heterocycles. The summed E-state index contributed by atoms with van der Waals surface area (Å²) in [6.45, 7) is -0.357. The van der Waals surface area contributed by atoms with Gasteiger partial charge >= 0.3 is 0 Å². The Hall–Kier alpha value is -1.23. The molecule has 3 nitrogen and oxygen atoms in total. The van der Waals surface area contributed by atoms with Crippen LogP contribution in [0.25, 0.3) is 0 Å². The fraction of sp³-hybridized carbons (Fsp3) is 0.375. The van der Waals surface area contributed by atoms with Crippen LogP contribution in [0, 0.1) is 0 Å². The molecule has 72 valence electrons. The second-order valence-corrected chi connectivity index (χ2v) is 2.38. The van der Waals surface area contributed by atoms with Crippen molar-refractivity contribution in [2.24, 2.45) is 0 Å². The van der Waals surface area contributed by atoms with E-state index in [-0.39, 0.29) is 23.6 Å². The van der Waals surface area contributed by atoms with Crippen molar-refractivity contribution < 1.29 is 18.6 Å². The first-order chi connectivity index (χ1) is 6.19. The molecule has 13 heavy (non-hydrogen) atoms. The van der Waals surface area contributed by atoms with E-state index < -0.39 is 6.43 Å². The van der Waals surface area contributed by atoms with Crippen LogP contribution >= 0.6 is 0 Å². The number of aliphatic hydroxyl groups is 1. The fourth-order valence-electron chi connectivity index (χ4n) is 0.932. The monoisotopic (exact) mass is 189 g/mol. The molecule has 5 heteroatoms. The molecule has 1 N–H and O–H groups in total. The lowest BCUT2D eigenvalue weighted by Gasteiger charge is -2.07. The highest BCUT2D eigenvalue weighted by Crippen LogP contribution is 2.28. The van der Waals surface area contributed by atoms with Gasteiger partial charge in [-0.1, -0.05) is 0 Å². The SMILES string of the molecule is COc1cnc(CO)cc1C(F)F. The summed E-state index contributed by atoms with van der Waals surface area (Å²) in [5, 5.41) is 8.66. The number of ether oxygens (including phenoxy) is 1. The second kappa shape index (κ2) is 4.13. The smallest absolute Gasteiger partial charge is 0.267 e. The van der Waals surface area contributed by atoms with Crippen molar-refractivity contribution in [2.75, 3.05) is 7.11 Å². The summed E-state index contributed by atoms with van der Waals surface area (Å²) in [7, 11) is 1.29. The van der Waals surface area contributed by atoms with Crippen LogP contribution in [-0.4, -0.2) is 17.2 Å². The third-order valence-corrected chi connectivity index (χ3v) is 1.57. The Balaban J connectivity index is 3.10. The molecule has 0 aliphatic heterocycles. The highest BCUT2D eigenvalue weighted by Gasteiger charge is 2.14. The number of nitrogens with zero attached hydrogens (tertiary/aromatic N) is 1. The Bertz CT molecular complexity index is 291. The summed E-state index contributed by atoms with van der Waals surface area (Å²) in [6.07, 6.45) is -1.45. The van der Waals surface area contributed by atoms with E-state index in [1.54, 1.807) is 0 Å². The maximum Gasteiger partial charge on any atom is 0.267 e. The zero-order chi connectivity index (χ0) is 9.84. The van der Waals surface area contributed by atoms with Crippen LogP contribution in [0.4, 0.5) is 8.78 Å². The molecule has 0 aromatic carbocycles. The van der Waals surface area contributed by atoms with Crippen molar-refractivity contribution in [2.45, 2.75) is 13.0 Å². The third kappa shape index (κ3) is 2.12. The lowest BCUT2D eigenvalue weighted by Crippen LogP contribution is -1.97. The number of hydrogen-bond donors (Lipinski definition) is 1. The van der Waals surface area contributed by atoms with E-state index in [4.69, 9.17) is 5.11 Å².